The van der Waals surface area contributed by atoms with Crippen LogP contribution in [0.5, 0.6) is 0 Å². The van der Waals surface area contributed by atoms with Crippen molar-refractivity contribution < 1.29 is 9.72 Å². The number of amides is 1. The van der Waals surface area contributed by atoms with E-state index in [-0.39, 0.29) is 16.4 Å². The number of halogens is 2. The van der Waals surface area contributed by atoms with Crippen LogP contribution in [0.25, 0.3) is 0 Å². The van der Waals surface area contributed by atoms with E-state index in [2.05, 4.69) is 26.2 Å². The standard InChI is InChI=1S/C12H7BrClN3O3/c13-8-4-2-6-15-11(8)16-12(18)7-3-1-5-9(14)10(7)17(19)20/h1-6H,(H,15,16,18). The molecule has 0 aliphatic heterocycles. The second-order valence-electron chi connectivity index (χ2n) is 3.68. The largest absolute Gasteiger partial charge is 0.305 e. The zero-order valence-corrected chi connectivity index (χ0v) is 12.2. The lowest BCUT2D eigenvalue weighted by Gasteiger charge is -2.07. The number of nitro groups is 1. The van der Waals surface area contributed by atoms with Crippen LogP contribution in [0.15, 0.2) is 41.0 Å². The number of carbonyl (C=O) groups excluding carboxylic acids is 1. The summed E-state index contributed by atoms with van der Waals surface area (Å²) in [4.78, 5) is 26.4. The van der Waals surface area contributed by atoms with Crippen LogP contribution in [0, 0.1) is 10.1 Å². The molecular formula is C12H7BrClN3O3. The van der Waals surface area contributed by atoms with Gasteiger partial charge in [-0.05, 0) is 40.2 Å². The van der Waals surface area contributed by atoms with E-state index in [9.17, 15) is 14.9 Å². The first-order chi connectivity index (χ1) is 9.50. The number of anilines is 1. The molecule has 6 nitrogen and oxygen atoms in total. The number of benzene rings is 1. The molecule has 2 aromatic rings. The Balaban J connectivity index is 2.38. The molecule has 0 saturated heterocycles. The maximum absolute atomic E-state index is 12.1. The van der Waals surface area contributed by atoms with E-state index < -0.39 is 16.5 Å². The Kier molecular flexibility index (Phi) is 4.31. The Morgan fingerprint density at radius 2 is 2.10 bits per heavy atom. The smallest absolute Gasteiger partial charge is 0.300 e. The molecule has 0 saturated carbocycles. The highest BCUT2D eigenvalue weighted by molar-refractivity contribution is 9.10. The normalized spacial score (nSPS) is 10.1. The highest BCUT2D eigenvalue weighted by atomic mass is 79.9. The van der Waals surface area contributed by atoms with Gasteiger partial charge < -0.3 is 5.32 Å². The van der Waals surface area contributed by atoms with Gasteiger partial charge in [-0.3, -0.25) is 14.9 Å². The molecule has 1 aromatic carbocycles. The number of rotatable bonds is 3. The van der Waals surface area contributed by atoms with Crippen molar-refractivity contribution in [3.05, 3.63) is 61.7 Å². The topological polar surface area (TPSA) is 85.1 Å². The van der Waals surface area contributed by atoms with E-state index in [1.807, 2.05) is 0 Å². The van der Waals surface area contributed by atoms with Gasteiger partial charge in [0, 0.05) is 6.20 Å². The van der Waals surface area contributed by atoms with Gasteiger partial charge in [0.15, 0.2) is 0 Å². The molecule has 0 aliphatic rings. The number of nitrogens with zero attached hydrogens (tertiary/aromatic N) is 2. The molecule has 2 rings (SSSR count). The van der Waals surface area contributed by atoms with E-state index in [4.69, 9.17) is 11.6 Å². The Morgan fingerprint density at radius 1 is 1.35 bits per heavy atom. The van der Waals surface area contributed by atoms with Crippen LogP contribution in [-0.4, -0.2) is 15.8 Å². The average Bonchev–Trinajstić information content (AvgIpc) is 2.40. The first kappa shape index (κ1) is 14.4. The van der Waals surface area contributed by atoms with Crippen molar-refractivity contribution in [2.45, 2.75) is 0 Å². The third-order valence-electron chi connectivity index (χ3n) is 2.40. The van der Waals surface area contributed by atoms with Crippen LogP contribution in [0.3, 0.4) is 0 Å². The van der Waals surface area contributed by atoms with Gasteiger partial charge in [0.25, 0.3) is 5.91 Å². The van der Waals surface area contributed by atoms with Gasteiger partial charge in [-0.15, -0.1) is 0 Å². The van der Waals surface area contributed by atoms with Crippen molar-refractivity contribution in [1.82, 2.24) is 4.98 Å². The van der Waals surface area contributed by atoms with Crippen molar-refractivity contribution in [1.29, 1.82) is 0 Å². The average molecular weight is 357 g/mol. The van der Waals surface area contributed by atoms with Crippen molar-refractivity contribution in [3.63, 3.8) is 0 Å². The molecule has 0 fully saturated rings. The molecule has 0 bridgehead atoms. The number of pyridine rings is 1. The second-order valence-corrected chi connectivity index (χ2v) is 4.94. The molecule has 0 radical (unpaired) electrons. The summed E-state index contributed by atoms with van der Waals surface area (Å²) in [6, 6.07) is 7.53. The molecule has 8 heteroatoms. The molecule has 0 unspecified atom stereocenters. The van der Waals surface area contributed by atoms with Gasteiger partial charge in [-0.1, -0.05) is 17.7 Å². The third kappa shape index (κ3) is 2.94. The number of aromatic nitrogens is 1. The van der Waals surface area contributed by atoms with Crippen molar-refractivity contribution in [2.24, 2.45) is 0 Å². The predicted molar refractivity (Wildman–Crippen MR) is 78.0 cm³/mol. The molecule has 1 N–H and O–H groups in total. The molecule has 102 valence electrons. The molecule has 1 aromatic heterocycles. The van der Waals surface area contributed by atoms with Gasteiger partial charge in [-0.2, -0.15) is 0 Å². The lowest BCUT2D eigenvalue weighted by Crippen LogP contribution is -2.15. The van der Waals surface area contributed by atoms with Gasteiger partial charge >= 0.3 is 5.69 Å². The fraction of sp³-hybridized carbons (Fsp3) is 0. The van der Waals surface area contributed by atoms with Crippen LogP contribution in [0.4, 0.5) is 11.5 Å². The lowest BCUT2D eigenvalue weighted by molar-refractivity contribution is -0.385. The van der Waals surface area contributed by atoms with Crippen LogP contribution >= 0.6 is 27.5 Å². The van der Waals surface area contributed by atoms with Crippen LogP contribution < -0.4 is 5.32 Å². The molecule has 1 heterocycles. The number of carbonyl (C=O) groups is 1. The first-order valence-corrected chi connectivity index (χ1v) is 6.52. The minimum absolute atomic E-state index is 0.0947. The van der Waals surface area contributed by atoms with E-state index in [1.165, 1.54) is 24.4 Å². The monoisotopic (exact) mass is 355 g/mol. The summed E-state index contributed by atoms with van der Waals surface area (Å²) < 4.78 is 0.568. The summed E-state index contributed by atoms with van der Waals surface area (Å²) in [7, 11) is 0. The Morgan fingerprint density at radius 3 is 2.75 bits per heavy atom. The second kappa shape index (κ2) is 5.98. The highest BCUT2D eigenvalue weighted by Crippen LogP contribution is 2.29. The minimum Gasteiger partial charge on any atom is -0.305 e. The molecule has 0 atom stereocenters. The number of para-hydroxylation sites is 1. The molecular weight excluding hydrogens is 350 g/mol. The number of nitro benzene ring substituents is 1. The quantitative estimate of drug-likeness (QED) is 0.672. The molecule has 20 heavy (non-hydrogen) atoms. The van der Waals surface area contributed by atoms with Crippen molar-refractivity contribution in [3.8, 4) is 0 Å². The summed E-state index contributed by atoms with van der Waals surface area (Å²) in [5.41, 5.74) is -0.557. The minimum atomic E-state index is -0.690. The van der Waals surface area contributed by atoms with E-state index >= 15 is 0 Å². The number of hydrogen-bond acceptors (Lipinski definition) is 4. The zero-order chi connectivity index (χ0) is 14.7. The zero-order valence-electron chi connectivity index (χ0n) is 9.84. The summed E-state index contributed by atoms with van der Waals surface area (Å²) in [6.45, 7) is 0. The first-order valence-electron chi connectivity index (χ1n) is 5.35. The van der Waals surface area contributed by atoms with Gasteiger partial charge in [0.05, 0.1) is 9.40 Å². The highest BCUT2D eigenvalue weighted by Gasteiger charge is 2.24. The van der Waals surface area contributed by atoms with Crippen molar-refractivity contribution in [2.75, 3.05) is 5.32 Å². The molecule has 1 amide bonds. The van der Waals surface area contributed by atoms with Gasteiger partial charge in [0.2, 0.25) is 0 Å². The van der Waals surface area contributed by atoms with Crippen LogP contribution in [0.2, 0.25) is 5.02 Å². The SMILES string of the molecule is O=C(Nc1ncccc1Br)c1cccc(Cl)c1[N+](=O)[O-]. The van der Waals surface area contributed by atoms with Gasteiger partial charge in [0.1, 0.15) is 16.4 Å². The number of hydrogen-bond donors (Lipinski definition) is 1. The lowest BCUT2D eigenvalue weighted by atomic mass is 10.1. The summed E-state index contributed by atoms with van der Waals surface area (Å²) in [5.74, 6) is -0.384. The summed E-state index contributed by atoms with van der Waals surface area (Å²) >= 11 is 8.98. The van der Waals surface area contributed by atoms with E-state index in [1.54, 1.807) is 12.1 Å². The maximum atomic E-state index is 12.1. The van der Waals surface area contributed by atoms with Crippen LogP contribution in [0.1, 0.15) is 10.4 Å². The van der Waals surface area contributed by atoms with Crippen LogP contribution in [-0.2, 0) is 0 Å². The summed E-state index contributed by atoms with van der Waals surface area (Å²) in [5, 5.41) is 13.4. The third-order valence-corrected chi connectivity index (χ3v) is 3.35. The molecule has 0 aliphatic carbocycles. The van der Waals surface area contributed by atoms with Crippen molar-refractivity contribution >= 4 is 44.9 Å². The fourth-order valence-electron chi connectivity index (χ4n) is 1.54. The predicted octanol–water partition coefficient (Wildman–Crippen LogP) is 3.66. The fourth-order valence-corrected chi connectivity index (χ4v) is 2.13. The Bertz CT molecular complexity index is 693. The Labute approximate surface area is 127 Å². The number of nitrogens with one attached hydrogen (secondary N) is 1. The van der Waals surface area contributed by atoms with E-state index in [0.29, 0.717) is 4.47 Å². The Hall–Kier alpha value is -1.99. The molecule has 0 spiro atoms. The maximum Gasteiger partial charge on any atom is 0.300 e. The van der Waals surface area contributed by atoms with Gasteiger partial charge in [-0.25, -0.2) is 4.98 Å². The van der Waals surface area contributed by atoms with E-state index in [0.717, 1.165) is 0 Å². The summed E-state index contributed by atoms with van der Waals surface area (Å²) in [6.07, 6.45) is 1.49.